The minimum atomic E-state index is -4.37. The first-order valence-electron chi connectivity index (χ1n) is 4.28. The Balaban J connectivity index is 2.44. The third-order valence-electron chi connectivity index (χ3n) is 1.92. The fourth-order valence-corrected chi connectivity index (χ4v) is 1.34. The molecule has 2 nitrogen and oxygen atoms in total. The van der Waals surface area contributed by atoms with E-state index >= 15 is 0 Å². The quantitative estimate of drug-likeness (QED) is 0.753. The monoisotopic (exact) mass is 245 g/mol. The van der Waals surface area contributed by atoms with E-state index < -0.39 is 11.7 Å². The van der Waals surface area contributed by atoms with Crippen LogP contribution in [0.15, 0.2) is 30.3 Å². The largest absolute Gasteiger partial charge is 0.416 e. The first-order valence-corrected chi connectivity index (χ1v) is 4.65. The Morgan fingerprint density at radius 1 is 1.31 bits per heavy atom. The van der Waals surface area contributed by atoms with Crippen LogP contribution in [0.5, 0.6) is 0 Å². The van der Waals surface area contributed by atoms with E-state index in [9.17, 15) is 13.2 Å². The summed E-state index contributed by atoms with van der Waals surface area (Å²) in [5.41, 5.74) is -0.466. The average Bonchev–Trinajstić information content (AvgIpc) is 2.64. The first kappa shape index (κ1) is 11.0. The second-order valence-electron chi connectivity index (χ2n) is 3.06. The van der Waals surface area contributed by atoms with Gasteiger partial charge in [-0.1, -0.05) is 17.7 Å². The molecule has 6 heteroatoms. The van der Waals surface area contributed by atoms with Gasteiger partial charge in [-0.05, 0) is 18.2 Å². The van der Waals surface area contributed by atoms with E-state index in [0.717, 1.165) is 16.8 Å². The fraction of sp³-hybridized carbons (Fsp3) is 0.100. The summed E-state index contributed by atoms with van der Waals surface area (Å²) in [6, 6.07) is 6.16. The van der Waals surface area contributed by atoms with Crippen molar-refractivity contribution in [2.75, 3.05) is 0 Å². The molecule has 0 amide bonds. The van der Waals surface area contributed by atoms with Crippen molar-refractivity contribution in [3.8, 4) is 5.69 Å². The van der Waals surface area contributed by atoms with Crippen LogP contribution < -0.4 is 0 Å². The number of hydrogen-bond donors (Lipinski definition) is 0. The molecule has 0 saturated heterocycles. The smallest absolute Gasteiger partial charge is 0.230 e. The summed E-state index contributed by atoms with van der Waals surface area (Å²) in [5.74, 6) is 0. The summed E-state index contributed by atoms with van der Waals surface area (Å²) in [5, 5.41) is 3.94. The lowest BCUT2D eigenvalue weighted by atomic mass is 10.2. The van der Waals surface area contributed by atoms with E-state index in [1.165, 1.54) is 18.2 Å². The number of hydrogen-bond acceptors (Lipinski definition) is 1. The van der Waals surface area contributed by atoms with Gasteiger partial charge in [0.15, 0.2) is 5.15 Å². The zero-order chi connectivity index (χ0) is 11.8. The van der Waals surface area contributed by atoms with Crippen molar-refractivity contribution >= 4 is 11.6 Å². The van der Waals surface area contributed by atoms with Gasteiger partial charge in [-0.15, -0.1) is 0 Å². The van der Waals surface area contributed by atoms with Crippen LogP contribution >= 0.6 is 11.6 Å². The van der Waals surface area contributed by atoms with E-state index in [4.69, 9.17) is 11.6 Å². The van der Waals surface area contributed by atoms with E-state index in [-0.39, 0.29) is 10.8 Å². The average molecular weight is 246 g/mol. The molecule has 0 aliphatic heterocycles. The van der Waals surface area contributed by atoms with Gasteiger partial charge < -0.3 is 0 Å². The molecule has 0 saturated carbocycles. The topological polar surface area (TPSA) is 17.8 Å². The molecule has 1 radical (unpaired) electrons. The molecular weight excluding hydrogens is 241 g/mol. The van der Waals surface area contributed by atoms with Crippen LogP contribution in [0.4, 0.5) is 13.2 Å². The Hall–Kier alpha value is -1.49. The zero-order valence-corrected chi connectivity index (χ0v) is 8.55. The van der Waals surface area contributed by atoms with Crippen molar-refractivity contribution in [1.29, 1.82) is 0 Å². The maximum absolute atomic E-state index is 12.4. The second-order valence-corrected chi connectivity index (χ2v) is 3.44. The van der Waals surface area contributed by atoms with E-state index in [2.05, 4.69) is 11.3 Å². The van der Waals surface area contributed by atoms with Crippen molar-refractivity contribution in [3.05, 3.63) is 47.2 Å². The molecule has 0 fully saturated rings. The van der Waals surface area contributed by atoms with Crippen LogP contribution in [0.2, 0.25) is 5.15 Å². The van der Waals surface area contributed by atoms with Gasteiger partial charge in [0.25, 0.3) is 0 Å². The molecule has 16 heavy (non-hydrogen) atoms. The molecule has 1 heterocycles. The molecule has 1 aromatic carbocycles. The van der Waals surface area contributed by atoms with E-state index in [0.29, 0.717) is 0 Å². The summed E-state index contributed by atoms with van der Waals surface area (Å²) in [6.45, 7) is 0. The van der Waals surface area contributed by atoms with Crippen LogP contribution in [0.1, 0.15) is 5.56 Å². The number of benzene rings is 1. The van der Waals surface area contributed by atoms with Gasteiger partial charge >= 0.3 is 6.18 Å². The van der Waals surface area contributed by atoms with Crippen LogP contribution in [0.25, 0.3) is 5.69 Å². The summed E-state index contributed by atoms with van der Waals surface area (Å²) in [4.78, 5) is 0. The molecule has 0 spiro atoms. The molecule has 1 aromatic heterocycles. The molecule has 0 aliphatic carbocycles. The van der Waals surface area contributed by atoms with Crippen molar-refractivity contribution in [2.24, 2.45) is 0 Å². The minimum Gasteiger partial charge on any atom is -0.230 e. The molecule has 2 rings (SSSR count). The first-order chi connectivity index (χ1) is 7.47. The zero-order valence-electron chi connectivity index (χ0n) is 7.79. The maximum atomic E-state index is 12.4. The molecule has 83 valence electrons. The Morgan fingerprint density at radius 3 is 2.62 bits per heavy atom. The van der Waals surface area contributed by atoms with Gasteiger partial charge in [0.05, 0.1) is 17.4 Å². The van der Waals surface area contributed by atoms with Crippen molar-refractivity contribution < 1.29 is 13.2 Å². The van der Waals surface area contributed by atoms with Crippen molar-refractivity contribution in [3.63, 3.8) is 0 Å². The lowest BCUT2D eigenvalue weighted by Crippen LogP contribution is -2.06. The Bertz CT molecular complexity index is 505. The number of nitrogens with zero attached hydrogens (tertiary/aromatic N) is 2. The van der Waals surface area contributed by atoms with Gasteiger partial charge in [0.1, 0.15) is 0 Å². The molecule has 0 bridgehead atoms. The molecule has 0 atom stereocenters. The molecule has 0 N–H and O–H groups in total. The Morgan fingerprint density at radius 2 is 2.06 bits per heavy atom. The number of halogens is 4. The highest BCUT2D eigenvalue weighted by atomic mass is 35.5. The highest BCUT2D eigenvalue weighted by Gasteiger charge is 2.30. The van der Waals surface area contributed by atoms with Crippen molar-refractivity contribution in [1.82, 2.24) is 9.78 Å². The van der Waals surface area contributed by atoms with Crippen molar-refractivity contribution in [2.45, 2.75) is 6.18 Å². The third-order valence-corrected chi connectivity index (χ3v) is 2.10. The van der Waals surface area contributed by atoms with Crippen LogP contribution in [-0.2, 0) is 6.18 Å². The fourth-order valence-electron chi connectivity index (χ4n) is 1.21. The van der Waals surface area contributed by atoms with E-state index in [1.807, 2.05) is 0 Å². The number of aromatic nitrogens is 2. The summed E-state index contributed by atoms with van der Waals surface area (Å²) in [7, 11) is 0. The molecule has 0 aliphatic rings. The summed E-state index contributed by atoms with van der Waals surface area (Å²) >= 11 is 5.55. The molecule has 2 aromatic rings. The summed E-state index contributed by atoms with van der Waals surface area (Å²) in [6.07, 6.45) is -1.76. The van der Waals surface area contributed by atoms with Gasteiger partial charge in [0.2, 0.25) is 0 Å². The lowest BCUT2D eigenvalue weighted by Gasteiger charge is -2.08. The standard InChI is InChI=1S/C10H5ClF3N2/c11-9-4-5-16(15-9)8-3-1-2-7(6-8)10(12,13)14/h1-4,6H. The van der Waals surface area contributed by atoms with Gasteiger partial charge in [-0.25, -0.2) is 4.68 Å². The summed E-state index contributed by atoms with van der Waals surface area (Å²) < 4.78 is 38.4. The lowest BCUT2D eigenvalue weighted by molar-refractivity contribution is -0.137. The maximum Gasteiger partial charge on any atom is 0.416 e. The van der Waals surface area contributed by atoms with Crippen LogP contribution in [-0.4, -0.2) is 9.78 Å². The predicted molar refractivity (Wildman–Crippen MR) is 52.4 cm³/mol. The minimum absolute atomic E-state index is 0.178. The predicted octanol–water partition coefficient (Wildman–Crippen LogP) is 3.34. The van der Waals surface area contributed by atoms with Crippen LogP contribution in [0.3, 0.4) is 0 Å². The number of alkyl halides is 3. The van der Waals surface area contributed by atoms with Gasteiger partial charge in [-0.2, -0.15) is 18.3 Å². The highest BCUT2D eigenvalue weighted by molar-refractivity contribution is 6.29. The SMILES string of the molecule is FC(F)(F)c1cccc(-n2[c]cc(Cl)n2)c1. The van der Waals surface area contributed by atoms with Crippen LogP contribution in [0, 0.1) is 6.20 Å². The highest BCUT2D eigenvalue weighted by Crippen LogP contribution is 2.30. The van der Waals surface area contributed by atoms with E-state index in [1.54, 1.807) is 0 Å². The second kappa shape index (κ2) is 3.83. The normalized spacial score (nSPS) is 11.8. The Kier molecular flexibility index (Phi) is 2.63. The molecular formula is C10H5ClF3N2. The van der Waals surface area contributed by atoms with Gasteiger partial charge in [-0.3, -0.25) is 0 Å². The Labute approximate surface area is 94.3 Å². The third kappa shape index (κ3) is 2.19. The number of rotatable bonds is 1. The molecule has 0 unspecified atom stereocenters. The van der Waals surface area contributed by atoms with Gasteiger partial charge in [0, 0.05) is 6.07 Å².